The molecule has 3 fully saturated rings. The van der Waals surface area contributed by atoms with E-state index in [1.54, 1.807) is 6.07 Å². The van der Waals surface area contributed by atoms with Crippen LogP contribution in [-0.2, 0) is 13.9 Å². The monoisotopic (exact) mass is 509 g/mol. The Kier molecular flexibility index (Phi) is 7.01. The summed E-state index contributed by atoms with van der Waals surface area (Å²) in [4.78, 5) is 4.63. The molecule has 1 saturated heterocycles. The second-order valence-electron chi connectivity index (χ2n) is 12.3. The predicted octanol–water partition coefficient (Wildman–Crippen LogP) is 7.47. The Morgan fingerprint density at radius 2 is 1.86 bits per heavy atom. The van der Waals surface area contributed by atoms with Gasteiger partial charge in [-0.2, -0.15) is 0 Å². The molecule has 0 radical (unpaired) electrons. The van der Waals surface area contributed by atoms with Gasteiger partial charge < -0.3 is 13.9 Å². The van der Waals surface area contributed by atoms with Crippen molar-refractivity contribution in [3.8, 4) is 11.1 Å². The first-order valence-corrected chi connectivity index (χ1v) is 16.3. The molecule has 0 N–H and O–H groups in total. The smallest absolute Gasteiger partial charge is 0.192 e. The van der Waals surface area contributed by atoms with Crippen molar-refractivity contribution in [1.82, 2.24) is 4.98 Å². The molecule has 1 aliphatic heterocycles. The highest BCUT2D eigenvalue weighted by Gasteiger charge is 2.57. The number of rotatable bonds is 5. The van der Waals surface area contributed by atoms with Crippen LogP contribution in [0.5, 0.6) is 0 Å². The second kappa shape index (κ2) is 9.79. The Morgan fingerprint density at radius 3 is 2.53 bits per heavy atom. The summed E-state index contributed by atoms with van der Waals surface area (Å²) < 4.78 is 33.1. The zero-order chi connectivity index (χ0) is 25.6. The van der Waals surface area contributed by atoms with Crippen LogP contribution in [0.4, 0.5) is 4.39 Å². The van der Waals surface area contributed by atoms with E-state index in [-0.39, 0.29) is 16.8 Å². The van der Waals surface area contributed by atoms with E-state index in [9.17, 15) is 4.39 Å². The van der Waals surface area contributed by atoms with Gasteiger partial charge in [0.05, 0.1) is 18.9 Å². The Labute approximate surface area is 216 Å². The Bertz CT molecular complexity index is 1090. The fourth-order valence-electron chi connectivity index (χ4n) is 6.10. The van der Waals surface area contributed by atoms with Crippen LogP contribution < -0.4 is 0 Å². The van der Waals surface area contributed by atoms with Crippen LogP contribution in [0.3, 0.4) is 0 Å². The van der Waals surface area contributed by atoms with Crippen molar-refractivity contribution in [2.75, 3.05) is 13.2 Å². The third-order valence-electron chi connectivity index (χ3n) is 8.97. The van der Waals surface area contributed by atoms with E-state index in [1.165, 1.54) is 12.1 Å². The molecular formula is C30H40FNO3Si. The van der Waals surface area contributed by atoms with Gasteiger partial charge in [-0.15, -0.1) is 0 Å². The average Bonchev–Trinajstić information content (AvgIpc) is 3.41. The van der Waals surface area contributed by atoms with Gasteiger partial charge in [0.1, 0.15) is 5.82 Å². The summed E-state index contributed by atoms with van der Waals surface area (Å²) in [5.41, 5.74) is 2.63. The van der Waals surface area contributed by atoms with Crippen LogP contribution in [0.15, 0.2) is 48.7 Å². The molecule has 2 saturated carbocycles. The molecule has 1 aromatic carbocycles. The summed E-state index contributed by atoms with van der Waals surface area (Å²) in [7, 11) is -1.79. The lowest BCUT2D eigenvalue weighted by atomic mass is 9.76. The van der Waals surface area contributed by atoms with E-state index in [1.807, 2.05) is 24.4 Å². The minimum Gasteiger partial charge on any atom is -0.414 e. The number of pyridine rings is 1. The quantitative estimate of drug-likeness (QED) is 0.392. The van der Waals surface area contributed by atoms with E-state index < -0.39 is 14.1 Å². The van der Waals surface area contributed by atoms with E-state index in [2.05, 4.69) is 51.0 Å². The van der Waals surface area contributed by atoms with Crippen LogP contribution >= 0.6 is 0 Å². The summed E-state index contributed by atoms with van der Waals surface area (Å²) >= 11 is 0. The second-order valence-corrected chi connectivity index (χ2v) is 17.1. The zero-order valence-electron chi connectivity index (χ0n) is 22.3. The highest BCUT2D eigenvalue weighted by molar-refractivity contribution is 6.74. The molecule has 1 spiro atoms. The van der Waals surface area contributed by atoms with Crippen molar-refractivity contribution in [3.05, 3.63) is 60.2 Å². The lowest BCUT2D eigenvalue weighted by molar-refractivity contribution is -0.175. The number of halogens is 1. The maximum atomic E-state index is 13.6. The Hall–Kier alpha value is -1.86. The molecule has 4 atom stereocenters. The fourth-order valence-corrected chi connectivity index (χ4v) is 7.50. The molecule has 4 nitrogen and oxygen atoms in total. The van der Waals surface area contributed by atoms with Gasteiger partial charge in [0.15, 0.2) is 14.1 Å². The van der Waals surface area contributed by atoms with Crippen molar-refractivity contribution in [2.24, 2.45) is 17.8 Å². The number of nitrogens with zero attached hydrogens (tertiary/aromatic N) is 1. The molecular weight excluding hydrogens is 469 g/mol. The van der Waals surface area contributed by atoms with Gasteiger partial charge in [-0.25, -0.2) is 4.39 Å². The van der Waals surface area contributed by atoms with Crippen LogP contribution in [0.25, 0.3) is 17.2 Å². The number of benzene rings is 1. The molecule has 0 unspecified atom stereocenters. The van der Waals surface area contributed by atoms with Crippen molar-refractivity contribution in [3.63, 3.8) is 0 Å². The first kappa shape index (κ1) is 25.8. The van der Waals surface area contributed by atoms with E-state index in [0.717, 1.165) is 42.5 Å². The van der Waals surface area contributed by atoms with E-state index in [0.29, 0.717) is 31.2 Å². The molecule has 1 aromatic heterocycles. The minimum absolute atomic E-state index is 0.212. The topological polar surface area (TPSA) is 40.6 Å². The summed E-state index contributed by atoms with van der Waals surface area (Å²) in [6, 6.07) is 10.6. The molecule has 6 heteroatoms. The van der Waals surface area contributed by atoms with Crippen LogP contribution in [0.2, 0.25) is 18.1 Å². The molecule has 5 rings (SSSR count). The molecule has 2 aliphatic carbocycles. The van der Waals surface area contributed by atoms with Crippen LogP contribution in [0.1, 0.15) is 52.1 Å². The van der Waals surface area contributed by atoms with Crippen molar-refractivity contribution >= 4 is 14.4 Å². The van der Waals surface area contributed by atoms with Gasteiger partial charge >= 0.3 is 0 Å². The molecule has 0 amide bonds. The molecule has 2 aromatic rings. The van der Waals surface area contributed by atoms with E-state index in [4.69, 9.17) is 13.9 Å². The zero-order valence-corrected chi connectivity index (χ0v) is 23.3. The Morgan fingerprint density at radius 1 is 1.08 bits per heavy atom. The molecule has 0 bridgehead atoms. The number of ether oxygens (including phenoxy) is 2. The predicted molar refractivity (Wildman–Crippen MR) is 144 cm³/mol. The largest absolute Gasteiger partial charge is 0.414 e. The standard InChI is InChI=1S/C30H40FNO3Si/c1-29(2,3)36(4,5)35-26-12-13-27-23(18-26)19-30(33-15-16-34-30)28(27)14-11-25-10-9-22(20-32-25)21-7-6-8-24(31)17-21/h6-11,14,17,20,23,26-28H,12-13,15-16,18-19H2,1-5H3/t23-,26-,27+,28+/m1/s1. The molecule has 194 valence electrons. The number of fused-ring (bicyclic) bond motifs is 1. The first-order chi connectivity index (χ1) is 17.1. The third-order valence-corrected chi connectivity index (χ3v) is 13.5. The number of hydrogen-bond acceptors (Lipinski definition) is 4. The lowest BCUT2D eigenvalue weighted by Gasteiger charge is -2.42. The highest BCUT2D eigenvalue weighted by atomic mass is 28.4. The third kappa shape index (κ3) is 5.10. The summed E-state index contributed by atoms with van der Waals surface area (Å²) in [5, 5.41) is 0.223. The average molecular weight is 510 g/mol. The van der Waals surface area contributed by atoms with Crippen LogP contribution in [-0.4, -0.2) is 38.4 Å². The van der Waals surface area contributed by atoms with Crippen molar-refractivity contribution in [1.29, 1.82) is 0 Å². The summed E-state index contributed by atoms with van der Waals surface area (Å²) in [5.74, 6) is 0.538. The maximum Gasteiger partial charge on any atom is 0.192 e. The van der Waals surface area contributed by atoms with E-state index >= 15 is 0 Å². The van der Waals surface area contributed by atoms with Crippen LogP contribution in [0, 0.1) is 23.6 Å². The number of aromatic nitrogens is 1. The summed E-state index contributed by atoms with van der Waals surface area (Å²) in [6.45, 7) is 13.0. The molecule has 2 heterocycles. The van der Waals surface area contributed by atoms with Gasteiger partial charge in [0.25, 0.3) is 0 Å². The fraction of sp³-hybridized carbons (Fsp3) is 0.567. The van der Waals surface area contributed by atoms with Gasteiger partial charge in [-0.05, 0) is 79.1 Å². The van der Waals surface area contributed by atoms with Gasteiger partial charge in [-0.1, -0.05) is 45.0 Å². The van der Waals surface area contributed by atoms with Gasteiger partial charge in [-0.3, -0.25) is 4.98 Å². The minimum atomic E-state index is -1.79. The molecule has 3 aliphatic rings. The highest BCUT2D eigenvalue weighted by Crippen LogP contribution is 2.56. The lowest BCUT2D eigenvalue weighted by Crippen LogP contribution is -2.45. The number of hydrogen-bond donors (Lipinski definition) is 0. The Balaban J connectivity index is 1.31. The van der Waals surface area contributed by atoms with Gasteiger partial charge in [0, 0.05) is 30.2 Å². The SMILES string of the molecule is CC(C)(C)[Si](C)(C)O[C@@H]1CC[C@H]2[C@H](C1)CC1(OCCO1)[C@H]2C=Cc1ccc(-c2cccc(F)c2)cn1. The van der Waals surface area contributed by atoms with Crippen molar-refractivity contribution < 1.29 is 18.3 Å². The normalized spacial score (nSPS) is 28.2. The maximum absolute atomic E-state index is 13.6. The first-order valence-electron chi connectivity index (χ1n) is 13.4. The summed E-state index contributed by atoms with van der Waals surface area (Å²) in [6.07, 6.45) is 10.8. The van der Waals surface area contributed by atoms with Crippen molar-refractivity contribution in [2.45, 2.75) is 76.5 Å². The van der Waals surface area contributed by atoms with Gasteiger partial charge in [0.2, 0.25) is 0 Å². The molecule has 36 heavy (non-hydrogen) atoms.